The van der Waals surface area contributed by atoms with Crippen LogP contribution in [0.1, 0.15) is 13.8 Å². The fourth-order valence-electron chi connectivity index (χ4n) is 3.96. The smallest absolute Gasteiger partial charge is 0.198 e. The summed E-state index contributed by atoms with van der Waals surface area (Å²) in [5.74, 6) is 0.169. The van der Waals surface area contributed by atoms with Gasteiger partial charge >= 0.3 is 0 Å². The SMILES string of the molecule is CCn1cc(-c2csc(N)n2)c(=O)c2cc(N3CCN(CC(C)=O)CC3)c(Cl)cc21. The van der Waals surface area contributed by atoms with Gasteiger partial charge in [-0.25, -0.2) is 4.98 Å². The van der Waals surface area contributed by atoms with Crippen molar-refractivity contribution in [1.29, 1.82) is 0 Å². The molecule has 0 atom stereocenters. The molecular formula is C21H24ClN5O2S. The van der Waals surface area contributed by atoms with Gasteiger partial charge in [-0.2, -0.15) is 0 Å². The molecule has 0 amide bonds. The fraction of sp³-hybridized carbons (Fsp3) is 0.381. The number of nitrogens with zero attached hydrogens (tertiary/aromatic N) is 4. The van der Waals surface area contributed by atoms with Crippen LogP contribution in [0, 0.1) is 0 Å². The van der Waals surface area contributed by atoms with Crippen LogP contribution in [-0.2, 0) is 11.3 Å². The molecular weight excluding hydrogens is 422 g/mol. The van der Waals surface area contributed by atoms with Gasteiger partial charge in [0.05, 0.1) is 34.0 Å². The number of anilines is 2. The van der Waals surface area contributed by atoms with Gasteiger partial charge in [-0.05, 0) is 26.0 Å². The number of carbonyl (C=O) groups is 1. The minimum Gasteiger partial charge on any atom is -0.375 e. The highest BCUT2D eigenvalue weighted by Gasteiger charge is 2.22. The fourth-order valence-corrected chi connectivity index (χ4v) is 4.80. The van der Waals surface area contributed by atoms with Crippen molar-refractivity contribution >= 4 is 50.4 Å². The number of nitrogens with two attached hydrogens (primary N) is 1. The number of hydrogen-bond acceptors (Lipinski definition) is 7. The van der Waals surface area contributed by atoms with Crippen LogP contribution in [0.25, 0.3) is 22.2 Å². The van der Waals surface area contributed by atoms with E-state index in [0.29, 0.717) is 39.9 Å². The Bertz CT molecular complexity index is 1160. The van der Waals surface area contributed by atoms with Crippen LogP contribution in [0.15, 0.2) is 28.5 Å². The van der Waals surface area contributed by atoms with Gasteiger partial charge in [0, 0.05) is 49.7 Å². The summed E-state index contributed by atoms with van der Waals surface area (Å²) in [5.41, 5.74) is 8.50. The van der Waals surface area contributed by atoms with E-state index in [4.69, 9.17) is 17.3 Å². The van der Waals surface area contributed by atoms with Gasteiger partial charge in [-0.3, -0.25) is 14.5 Å². The van der Waals surface area contributed by atoms with E-state index in [2.05, 4.69) is 14.8 Å². The average Bonchev–Trinajstić information content (AvgIpc) is 3.14. The molecule has 1 fully saturated rings. The lowest BCUT2D eigenvalue weighted by Gasteiger charge is -2.36. The minimum absolute atomic E-state index is 0.0758. The molecule has 1 aliphatic heterocycles. The molecule has 2 aromatic heterocycles. The second-order valence-electron chi connectivity index (χ2n) is 7.51. The number of rotatable bonds is 5. The molecule has 0 aliphatic carbocycles. The van der Waals surface area contributed by atoms with Gasteiger partial charge in [-0.1, -0.05) is 11.6 Å². The number of ketones is 1. The third-order valence-corrected chi connectivity index (χ3v) is 6.42. The van der Waals surface area contributed by atoms with Crippen molar-refractivity contribution in [3.63, 3.8) is 0 Å². The number of halogens is 1. The molecule has 4 rings (SSSR count). The summed E-state index contributed by atoms with van der Waals surface area (Å²) in [6.07, 6.45) is 1.83. The van der Waals surface area contributed by atoms with Crippen LogP contribution in [-0.4, -0.2) is 53.0 Å². The van der Waals surface area contributed by atoms with Crippen molar-refractivity contribution in [1.82, 2.24) is 14.5 Å². The number of thiazole rings is 1. The van der Waals surface area contributed by atoms with E-state index in [9.17, 15) is 9.59 Å². The van der Waals surface area contributed by atoms with Crippen molar-refractivity contribution in [3.05, 3.63) is 39.0 Å². The van der Waals surface area contributed by atoms with Gasteiger partial charge in [0.25, 0.3) is 0 Å². The maximum Gasteiger partial charge on any atom is 0.198 e. The lowest BCUT2D eigenvalue weighted by molar-refractivity contribution is -0.118. The summed E-state index contributed by atoms with van der Waals surface area (Å²) in [4.78, 5) is 33.3. The van der Waals surface area contributed by atoms with Crippen molar-refractivity contribution in [2.75, 3.05) is 43.4 Å². The van der Waals surface area contributed by atoms with E-state index in [1.165, 1.54) is 11.3 Å². The van der Waals surface area contributed by atoms with Crippen molar-refractivity contribution in [2.45, 2.75) is 20.4 Å². The molecule has 0 bridgehead atoms. The normalized spacial score (nSPS) is 15.1. The van der Waals surface area contributed by atoms with Crippen LogP contribution in [0.2, 0.25) is 5.02 Å². The van der Waals surface area contributed by atoms with E-state index in [1.54, 1.807) is 6.92 Å². The number of piperazine rings is 1. The maximum absolute atomic E-state index is 13.3. The number of benzene rings is 1. The summed E-state index contributed by atoms with van der Waals surface area (Å²) >= 11 is 7.97. The average molecular weight is 446 g/mol. The van der Waals surface area contributed by atoms with E-state index in [1.807, 2.05) is 35.2 Å². The molecule has 2 N–H and O–H groups in total. The molecule has 3 aromatic rings. The molecule has 158 valence electrons. The molecule has 9 heteroatoms. The Balaban J connectivity index is 1.76. The molecule has 0 unspecified atom stereocenters. The van der Waals surface area contributed by atoms with Gasteiger partial charge < -0.3 is 15.2 Å². The van der Waals surface area contributed by atoms with Gasteiger partial charge in [0.1, 0.15) is 5.78 Å². The van der Waals surface area contributed by atoms with E-state index < -0.39 is 0 Å². The summed E-state index contributed by atoms with van der Waals surface area (Å²) in [6, 6.07) is 3.77. The predicted octanol–water partition coefficient (Wildman–Crippen LogP) is 3.09. The first-order valence-corrected chi connectivity index (χ1v) is 11.2. The highest BCUT2D eigenvalue weighted by molar-refractivity contribution is 7.13. The molecule has 1 saturated heterocycles. The quantitative estimate of drug-likeness (QED) is 0.649. The Morgan fingerprint density at radius 3 is 2.60 bits per heavy atom. The molecule has 3 heterocycles. The number of hydrogen-bond donors (Lipinski definition) is 1. The second-order valence-corrected chi connectivity index (χ2v) is 8.81. The zero-order valence-electron chi connectivity index (χ0n) is 17.0. The second kappa shape index (κ2) is 8.37. The van der Waals surface area contributed by atoms with E-state index in [0.717, 1.165) is 37.4 Å². The number of fused-ring (bicyclic) bond motifs is 1. The zero-order valence-corrected chi connectivity index (χ0v) is 18.6. The molecule has 0 spiro atoms. The number of aromatic nitrogens is 2. The molecule has 7 nitrogen and oxygen atoms in total. The summed E-state index contributed by atoms with van der Waals surface area (Å²) in [5, 5.41) is 3.48. The number of aryl methyl sites for hydroxylation is 1. The van der Waals surface area contributed by atoms with Gasteiger partial charge in [-0.15, -0.1) is 11.3 Å². The Labute approximate surface area is 183 Å². The lowest BCUT2D eigenvalue weighted by atomic mass is 10.1. The highest BCUT2D eigenvalue weighted by atomic mass is 35.5. The standard InChI is InChI=1S/C21H24ClN5O2S/c1-3-26-11-15(17-12-30-21(23)24-17)20(29)14-8-19(16(22)9-18(14)26)27-6-4-25(5-7-27)10-13(2)28/h8-9,11-12H,3-7,10H2,1-2H3,(H2,23,24). The molecule has 0 radical (unpaired) electrons. The molecule has 30 heavy (non-hydrogen) atoms. The number of Topliss-reactive ketones (excluding diaryl/α,β-unsaturated/α-hetero) is 1. The number of pyridine rings is 1. The van der Waals surface area contributed by atoms with Crippen LogP contribution in [0.3, 0.4) is 0 Å². The van der Waals surface area contributed by atoms with Gasteiger partial charge in [0.2, 0.25) is 0 Å². The lowest BCUT2D eigenvalue weighted by Crippen LogP contribution is -2.47. The first-order chi connectivity index (χ1) is 14.4. The summed E-state index contributed by atoms with van der Waals surface area (Å²) in [7, 11) is 0. The van der Waals surface area contributed by atoms with Crippen molar-refractivity contribution < 1.29 is 4.79 Å². The van der Waals surface area contributed by atoms with Gasteiger partial charge in [0.15, 0.2) is 10.6 Å². The van der Waals surface area contributed by atoms with Crippen LogP contribution < -0.4 is 16.1 Å². The number of nitrogen functional groups attached to an aromatic ring is 1. The first-order valence-electron chi connectivity index (χ1n) is 9.92. The zero-order chi connectivity index (χ0) is 21.4. The van der Waals surface area contributed by atoms with E-state index >= 15 is 0 Å². The highest BCUT2D eigenvalue weighted by Crippen LogP contribution is 2.32. The minimum atomic E-state index is -0.0758. The third kappa shape index (κ3) is 3.95. The maximum atomic E-state index is 13.3. The van der Waals surface area contributed by atoms with Crippen molar-refractivity contribution in [3.8, 4) is 11.3 Å². The largest absolute Gasteiger partial charge is 0.375 e. The summed E-state index contributed by atoms with van der Waals surface area (Å²) in [6.45, 7) is 7.88. The Morgan fingerprint density at radius 1 is 1.27 bits per heavy atom. The Kier molecular flexibility index (Phi) is 5.81. The number of carbonyl (C=O) groups excluding carboxylic acids is 1. The third-order valence-electron chi connectivity index (χ3n) is 5.45. The van der Waals surface area contributed by atoms with Crippen molar-refractivity contribution in [2.24, 2.45) is 0 Å². The molecule has 0 saturated carbocycles. The molecule has 1 aliphatic rings. The first kappa shape index (κ1) is 20.8. The Morgan fingerprint density at radius 2 is 2.00 bits per heavy atom. The Hall–Kier alpha value is -2.42. The molecule has 1 aromatic carbocycles. The van der Waals surface area contributed by atoms with E-state index in [-0.39, 0.29) is 11.2 Å². The predicted molar refractivity (Wildman–Crippen MR) is 124 cm³/mol. The van der Waals surface area contributed by atoms with Crippen LogP contribution in [0.5, 0.6) is 0 Å². The van der Waals surface area contributed by atoms with Crippen LogP contribution in [0.4, 0.5) is 10.8 Å². The summed E-state index contributed by atoms with van der Waals surface area (Å²) < 4.78 is 2.02. The monoisotopic (exact) mass is 445 g/mol. The topological polar surface area (TPSA) is 84.5 Å². The van der Waals surface area contributed by atoms with Crippen LogP contribution >= 0.6 is 22.9 Å².